The van der Waals surface area contributed by atoms with Crippen molar-refractivity contribution in [2.45, 2.75) is 18.6 Å². The van der Waals surface area contributed by atoms with Crippen LogP contribution in [-0.4, -0.2) is 48.4 Å². The molecule has 1 N–H and O–H groups in total. The number of nitrogens with one attached hydrogen (secondary N) is 1. The number of amides is 1. The van der Waals surface area contributed by atoms with Gasteiger partial charge in [-0.15, -0.1) is 0 Å². The smallest absolute Gasteiger partial charge is 0.238 e. The van der Waals surface area contributed by atoms with Crippen LogP contribution in [0.2, 0.25) is 0 Å². The average molecular weight is 245 g/mol. The molecule has 96 valence electrons. The highest BCUT2D eigenvalue weighted by molar-refractivity contribution is 5.81. The lowest BCUT2D eigenvalue weighted by molar-refractivity contribution is -0.130. The molecule has 4 nitrogen and oxygen atoms in total. The summed E-state index contributed by atoms with van der Waals surface area (Å²) in [6.07, 6.45) is 1.13. The summed E-state index contributed by atoms with van der Waals surface area (Å²) >= 11 is 0. The predicted octanol–water partition coefficient (Wildman–Crippen LogP) is 0.821. The molecule has 1 aromatic carbocycles. The summed E-state index contributed by atoms with van der Waals surface area (Å²) in [5.41, 5.74) is 1.18. The Labute approximate surface area is 108 Å². The number of likely N-dealkylation sites (tertiary alicyclic amines) is 1. The van der Waals surface area contributed by atoms with Crippen molar-refractivity contribution in [3.05, 3.63) is 35.9 Å². The fourth-order valence-corrected chi connectivity index (χ4v) is 2.98. The van der Waals surface area contributed by atoms with Gasteiger partial charge >= 0.3 is 0 Å². The molecule has 2 saturated heterocycles. The van der Waals surface area contributed by atoms with E-state index in [2.05, 4.69) is 29.4 Å². The van der Waals surface area contributed by atoms with Gasteiger partial charge < -0.3 is 9.80 Å². The summed E-state index contributed by atoms with van der Waals surface area (Å²) in [7, 11) is 2.12. The van der Waals surface area contributed by atoms with E-state index in [0.717, 1.165) is 19.5 Å². The number of likely N-dealkylation sites (N-methyl/N-ethyl adjacent to an activating group) is 1. The van der Waals surface area contributed by atoms with Crippen LogP contribution in [0.5, 0.6) is 0 Å². The molecule has 0 aromatic heterocycles. The van der Waals surface area contributed by atoms with Crippen molar-refractivity contribution >= 4 is 5.91 Å². The van der Waals surface area contributed by atoms with Gasteiger partial charge in [0.25, 0.3) is 0 Å². The van der Waals surface area contributed by atoms with E-state index in [1.165, 1.54) is 5.56 Å². The number of benzene rings is 1. The quantitative estimate of drug-likeness (QED) is 0.838. The number of carbonyl (C=O) groups excluding carboxylic acids is 1. The van der Waals surface area contributed by atoms with Gasteiger partial charge in [-0.25, -0.2) is 0 Å². The number of carbonyl (C=O) groups is 1. The fraction of sp³-hybridized carbons (Fsp3) is 0.500. The zero-order valence-electron chi connectivity index (χ0n) is 10.7. The van der Waals surface area contributed by atoms with Crippen molar-refractivity contribution in [3.63, 3.8) is 0 Å². The average Bonchev–Trinajstić information content (AvgIpc) is 2.96. The van der Waals surface area contributed by atoms with E-state index in [0.29, 0.717) is 12.6 Å². The Morgan fingerprint density at radius 3 is 2.72 bits per heavy atom. The maximum Gasteiger partial charge on any atom is 0.238 e. The molecule has 0 bridgehead atoms. The monoisotopic (exact) mass is 245 g/mol. The van der Waals surface area contributed by atoms with Gasteiger partial charge in [0.05, 0.1) is 6.54 Å². The minimum Gasteiger partial charge on any atom is -0.317 e. The van der Waals surface area contributed by atoms with Crippen LogP contribution in [0.1, 0.15) is 18.2 Å². The molecule has 2 heterocycles. The summed E-state index contributed by atoms with van der Waals surface area (Å²) < 4.78 is 0. The van der Waals surface area contributed by atoms with Gasteiger partial charge in [0.1, 0.15) is 6.17 Å². The Bertz CT molecular complexity index is 434. The molecule has 2 atom stereocenters. The summed E-state index contributed by atoms with van der Waals surface area (Å²) in [6.45, 7) is 2.52. The summed E-state index contributed by atoms with van der Waals surface area (Å²) in [5, 5.41) is 3.32. The van der Waals surface area contributed by atoms with E-state index >= 15 is 0 Å². The van der Waals surface area contributed by atoms with Crippen LogP contribution < -0.4 is 5.32 Å². The van der Waals surface area contributed by atoms with E-state index in [-0.39, 0.29) is 12.1 Å². The second kappa shape index (κ2) is 4.71. The summed E-state index contributed by atoms with van der Waals surface area (Å²) in [5.74, 6) is 0.226. The molecule has 1 aromatic rings. The first-order valence-corrected chi connectivity index (χ1v) is 6.54. The Morgan fingerprint density at radius 1 is 1.28 bits per heavy atom. The first kappa shape index (κ1) is 11.7. The van der Waals surface area contributed by atoms with Gasteiger partial charge in [-0.3, -0.25) is 10.1 Å². The number of hydrogen-bond acceptors (Lipinski definition) is 3. The lowest BCUT2D eigenvalue weighted by atomic mass is 10.1. The lowest BCUT2D eigenvalue weighted by Gasteiger charge is -2.30. The maximum atomic E-state index is 12.1. The zero-order valence-corrected chi connectivity index (χ0v) is 10.7. The van der Waals surface area contributed by atoms with Gasteiger partial charge in [-0.05, 0) is 25.6 Å². The van der Waals surface area contributed by atoms with E-state index in [1.807, 2.05) is 23.1 Å². The van der Waals surface area contributed by atoms with Gasteiger partial charge in [0.15, 0.2) is 0 Å². The van der Waals surface area contributed by atoms with Crippen LogP contribution in [-0.2, 0) is 4.79 Å². The van der Waals surface area contributed by atoms with Crippen molar-refractivity contribution in [1.29, 1.82) is 0 Å². The van der Waals surface area contributed by atoms with Crippen molar-refractivity contribution < 1.29 is 4.79 Å². The molecular formula is C14H19N3O. The molecule has 2 unspecified atom stereocenters. The molecule has 3 rings (SSSR count). The van der Waals surface area contributed by atoms with Crippen LogP contribution in [0.3, 0.4) is 0 Å². The van der Waals surface area contributed by atoms with E-state index < -0.39 is 0 Å². The van der Waals surface area contributed by atoms with Crippen molar-refractivity contribution in [2.75, 3.05) is 26.7 Å². The van der Waals surface area contributed by atoms with Crippen LogP contribution in [0.15, 0.2) is 30.3 Å². The highest BCUT2D eigenvalue weighted by Gasteiger charge is 2.38. The van der Waals surface area contributed by atoms with Gasteiger partial charge in [0, 0.05) is 12.6 Å². The summed E-state index contributed by atoms with van der Waals surface area (Å²) in [4.78, 5) is 16.4. The second-order valence-electron chi connectivity index (χ2n) is 5.20. The molecule has 2 aliphatic heterocycles. The van der Waals surface area contributed by atoms with Gasteiger partial charge in [-0.1, -0.05) is 30.3 Å². The molecule has 4 heteroatoms. The van der Waals surface area contributed by atoms with Crippen LogP contribution in [0.25, 0.3) is 0 Å². The lowest BCUT2D eigenvalue weighted by Crippen LogP contribution is -2.41. The third-order valence-electron chi connectivity index (χ3n) is 3.89. The Kier molecular flexibility index (Phi) is 3.06. The molecule has 0 saturated carbocycles. The molecule has 0 spiro atoms. The minimum absolute atomic E-state index is 0.0511. The largest absolute Gasteiger partial charge is 0.317 e. The molecule has 1 amide bonds. The SMILES string of the molecule is CN1CCC(N2C(=O)CNC2c2ccccc2)C1. The van der Waals surface area contributed by atoms with Crippen molar-refractivity contribution in [3.8, 4) is 0 Å². The van der Waals surface area contributed by atoms with Crippen molar-refractivity contribution in [2.24, 2.45) is 0 Å². The molecular weight excluding hydrogens is 226 g/mol. The van der Waals surface area contributed by atoms with E-state index in [1.54, 1.807) is 0 Å². The zero-order chi connectivity index (χ0) is 12.5. The van der Waals surface area contributed by atoms with E-state index in [9.17, 15) is 4.79 Å². The van der Waals surface area contributed by atoms with Gasteiger partial charge in [-0.2, -0.15) is 0 Å². The Morgan fingerprint density at radius 2 is 2.06 bits per heavy atom. The third-order valence-corrected chi connectivity index (χ3v) is 3.89. The predicted molar refractivity (Wildman–Crippen MR) is 69.9 cm³/mol. The fourth-order valence-electron chi connectivity index (χ4n) is 2.98. The number of nitrogens with zero attached hydrogens (tertiary/aromatic N) is 2. The molecule has 2 fully saturated rings. The Hall–Kier alpha value is -1.39. The van der Waals surface area contributed by atoms with E-state index in [4.69, 9.17) is 0 Å². The molecule has 2 aliphatic rings. The summed E-state index contributed by atoms with van der Waals surface area (Å²) in [6, 6.07) is 10.6. The topological polar surface area (TPSA) is 35.6 Å². The highest BCUT2D eigenvalue weighted by atomic mass is 16.2. The Balaban J connectivity index is 1.84. The standard InChI is InChI=1S/C14H19N3O/c1-16-8-7-12(10-16)17-13(18)9-15-14(17)11-5-3-2-4-6-11/h2-6,12,14-15H,7-10H2,1H3. The highest BCUT2D eigenvalue weighted by Crippen LogP contribution is 2.28. The first-order valence-electron chi connectivity index (χ1n) is 6.54. The number of hydrogen-bond donors (Lipinski definition) is 1. The normalized spacial score (nSPS) is 29.2. The molecule has 0 radical (unpaired) electrons. The first-order chi connectivity index (χ1) is 8.75. The third kappa shape index (κ3) is 2.02. The maximum absolute atomic E-state index is 12.1. The van der Waals surface area contributed by atoms with Crippen LogP contribution in [0.4, 0.5) is 0 Å². The van der Waals surface area contributed by atoms with Crippen LogP contribution in [0, 0.1) is 0 Å². The molecule has 0 aliphatic carbocycles. The second-order valence-corrected chi connectivity index (χ2v) is 5.20. The van der Waals surface area contributed by atoms with Crippen molar-refractivity contribution in [1.82, 2.24) is 15.1 Å². The van der Waals surface area contributed by atoms with Gasteiger partial charge in [0.2, 0.25) is 5.91 Å². The minimum atomic E-state index is 0.0511. The number of rotatable bonds is 2. The van der Waals surface area contributed by atoms with Crippen LogP contribution >= 0.6 is 0 Å². The molecule has 18 heavy (non-hydrogen) atoms.